The summed E-state index contributed by atoms with van der Waals surface area (Å²) < 4.78 is 32.8. The van der Waals surface area contributed by atoms with Gasteiger partial charge in [-0.05, 0) is 57.3 Å². The van der Waals surface area contributed by atoms with E-state index < -0.39 is 12.7 Å². The maximum Gasteiger partial charge on any atom is 1.00 e. The van der Waals surface area contributed by atoms with Crippen molar-refractivity contribution in [3.8, 4) is 0 Å². The smallest absolute Gasteiger partial charge is 0.649 e. The molecular weight excluding hydrogens is 534 g/mol. The van der Waals surface area contributed by atoms with Gasteiger partial charge in [-0.3, -0.25) is 0 Å². The van der Waals surface area contributed by atoms with E-state index in [0.717, 1.165) is 25.7 Å². The van der Waals surface area contributed by atoms with Crippen LogP contribution in [-0.4, -0.2) is 62.3 Å². The van der Waals surface area contributed by atoms with Crippen LogP contribution in [0.15, 0.2) is 0 Å². The van der Waals surface area contributed by atoms with Gasteiger partial charge in [0.15, 0.2) is 0 Å². The third-order valence-electron chi connectivity index (χ3n) is 5.25. The fourth-order valence-electron chi connectivity index (χ4n) is 3.80. The van der Waals surface area contributed by atoms with Gasteiger partial charge in [0.25, 0.3) is 0 Å². The molecule has 0 radical (unpaired) electrons. The standard InChI is InChI=1S/2C11H19O3.C2H4O.CH2O2.CH3.2K/c2*1-8-5-6-9(13-7-12)10(14-8)11(2,3)4;1-2-3;2-1-3;;;/h2*8-10H,5-6H2,1-4H3;2H,1H3;1H,(H,2,3);1H3;;/q2*-1;;;-1;2*+1/p-1/i;;2T;1T;;;. The predicted molar refractivity (Wildman–Crippen MR) is 131 cm³/mol. The third-order valence-corrected chi connectivity index (χ3v) is 5.25. The molecule has 2 aliphatic rings. The minimum Gasteiger partial charge on any atom is -0.649 e. The van der Waals surface area contributed by atoms with E-state index in [-0.39, 0.29) is 158 Å². The Balaban J connectivity index is -0.000000146. The van der Waals surface area contributed by atoms with Crippen molar-refractivity contribution in [2.75, 3.05) is 0 Å². The molecule has 9 nitrogen and oxygen atoms in total. The number of hydrogen-bond donors (Lipinski definition) is 0. The van der Waals surface area contributed by atoms with E-state index in [2.05, 4.69) is 55.4 Å². The number of ether oxygens (including phenoxy) is 4. The zero-order valence-electron chi connectivity index (χ0n) is 27.0. The maximum absolute atomic E-state index is 10.2. The first-order valence-electron chi connectivity index (χ1n) is 12.4. The summed E-state index contributed by atoms with van der Waals surface area (Å²) in [6.07, 6.45) is 1.42. The molecule has 0 aromatic rings. The van der Waals surface area contributed by atoms with Crippen molar-refractivity contribution in [2.24, 2.45) is 10.8 Å². The fraction of sp³-hybridized carbons (Fsp3) is 0.808. The minimum atomic E-state index is -1.83. The SMILES string of the molecule is CC1CCC(O[C-]=O)C(C(C)(C)C)O1.CC1CCC(O[C-]=O)C(C(C)(C)C)O1.[3H]C(=O)[O-].[3H]C(C)=O.[CH3-].[K+].[K+]. The molecule has 0 saturated carbocycles. The molecule has 6 atom stereocenters. The van der Waals surface area contributed by atoms with Gasteiger partial charge >= 0.3 is 103 Å². The molecule has 2 heterocycles. The van der Waals surface area contributed by atoms with Crippen LogP contribution in [0.4, 0.5) is 0 Å². The van der Waals surface area contributed by atoms with E-state index in [0.29, 0.717) is 0 Å². The molecule has 0 spiro atoms. The summed E-state index contributed by atoms with van der Waals surface area (Å²) in [6, 6.07) is 0. The summed E-state index contributed by atoms with van der Waals surface area (Å²) in [5.74, 6) is 0. The maximum atomic E-state index is 10.2. The molecule has 2 aliphatic heterocycles. The van der Waals surface area contributed by atoms with Crippen LogP contribution in [0.1, 0.15) is 90.7 Å². The number of hydrogen-bond acceptors (Lipinski definition) is 9. The molecule has 0 N–H and O–H groups in total. The normalized spacial score (nSPS) is 27.1. The van der Waals surface area contributed by atoms with Crippen molar-refractivity contribution in [2.45, 2.75) is 125 Å². The second-order valence-corrected chi connectivity index (χ2v) is 10.4. The third kappa shape index (κ3) is 22.6. The fourth-order valence-corrected chi connectivity index (χ4v) is 3.80. The van der Waals surface area contributed by atoms with Gasteiger partial charge in [0, 0.05) is 6.45 Å². The Bertz CT molecular complexity index is 607. The van der Waals surface area contributed by atoms with E-state index in [1.54, 1.807) is 0 Å². The molecule has 0 aliphatic carbocycles. The summed E-state index contributed by atoms with van der Waals surface area (Å²) in [7, 11) is 0. The van der Waals surface area contributed by atoms with E-state index in [1.807, 2.05) is 0 Å². The zero-order chi connectivity index (χ0) is 28.7. The Morgan fingerprint density at radius 1 is 0.811 bits per heavy atom. The van der Waals surface area contributed by atoms with Crippen molar-refractivity contribution >= 4 is 25.7 Å². The number of carbonyl (C=O) groups excluding carboxylic acids is 4. The molecule has 208 valence electrons. The monoisotopic (exact) mass is 584 g/mol. The van der Waals surface area contributed by atoms with Crippen LogP contribution in [0.25, 0.3) is 0 Å². The van der Waals surface area contributed by atoms with E-state index in [4.69, 9.17) is 36.4 Å². The van der Waals surface area contributed by atoms with E-state index in [1.165, 1.54) is 19.9 Å². The van der Waals surface area contributed by atoms with Gasteiger partial charge in [-0.15, -0.1) is 0 Å². The largest absolute Gasteiger partial charge is 1.00 e. The quantitative estimate of drug-likeness (QED) is 0.195. The summed E-state index contributed by atoms with van der Waals surface area (Å²) >= 11 is 0. The second kappa shape index (κ2) is 26.2. The minimum absolute atomic E-state index is 0. The molecule has 11 heteroatoms. The molecule has 2 saturated heterocycles. The zero-order valence-corrected chi connectivity index (χ0v) is 31.2. The van der Waals surface area contributed by atoms with Crippen molar-refractivity contribution in [1.82, 2.24) is 0 Å². The predicted octanol–water partition coefficient (Wildman–Crippen LogP) is -2.87. The van der Waals surface area contributed by atoms with E-state index >= 15 is 0 Å². The van der Waals surface area contributed by atoms with Crippen LogP contribution in [0, 0.1) is 18.3 Å². The van der Waals surface area contributed by atoms with Gasteiger partial charge in [-0.2, -0.15) is 0 Å². The van der Waals surface area contributed by atoms with Crippen LogP contribution in [-0.2, 0) is 38.1 Å². The molecular formula is C26H46K2O9-2. The van der Waals surface area contributed by atoms with Gasteiger partial charge in [0.2, 0.25) is 0 Å². The number of rotatable bonds is 4. The molecule has 0 aromatic heterocycles. The first kappa shape index (κ1) is 42.7. The van der Waals surface area contributed by atoms with Crippen molar-refractivity contribution in [3.63, 3.8) is 0 Å². The van der Waals surface area contributed by atoms with Crippen LogP contribution in [0.2, 0.25) is 0 Å². The van der Waals surface area contributed by atoms with Crippen molar-refractivity contribution in [3.05, 3.63) is 7.43 Å². The average Bonchev–Trinajstić information content (AvgIpc) is 2.69. The first-order chi connectivity index (χ1) is 16.4. The van der Waals surface area contributed by atoms with Crippen LogP contribution >= 0.6 is 0 Å². The number of carbonyl (C=O) groups is 2. The number of carboxylic acid groups (broad SMARTS) is 1. The molecule has 2 fully saturated rings. The van der Waals surface area contributed by atoms with Crippen molar-refractivity contribution in [1.29, 1.82) is 0 Å². The molecule has 37 heavy (non-hydrogen) atoms. The Kier molecular flexibility index (Phi) is 30.2. The topological polar surface area (TPSA) is 128 Å². The van der Waals surface area contributed by atoms with Gasteiger partial charge in [0.05, 0.1) is 38.0 Å². The Morgan fingerprint density at radius 3 is 1.24 bits per heavy atom. The van der Waals surface area contributed by atoms with Crippen molar-refractivity contribution < 1.29 is 149 Å². The summed E-state index contributed by atoms with van der Waals surface area (Å²) in [5, 5.41) is 8.56. The molecule has 0 amide bonds. The van der Waals surface area contributed by atoms with Gasteiger partial charge in [0.1, 0.15) is 7.63 Å². The van der Waals surface area contributed by atoms with Crippen LogP contribution in [0.3, 0.4) is 0 Å². The molecule has 6 unspecified atom stereocenters. The molecule has 2 rings (SSSR count). The van der Waals surface area contributed by atoms with Gasteiger partial charge < -0.3 is 50.7 Å². The summed E-state index contributed by atoms with van der Waals surface area (Å²) in [6.45, 7) is 20.9. The molecule has 0 bridgehead atoms. The Morgan fingerprint density at radius 2 is 1.05 bits per heavy atom. The number of aldehydes is 1. The second-order valence-electron chi connectivity index (χ2n) is 10.4. The van der Waals surface area contributed by atoms with Crippen LogP contribution in [0.5, 0.6) is 0 Å². The Labute approximate surface area is 312 Å². The van der Waals surface area contributed by atoms with E-state index in [9.17, 15) is 9.59 Å². The van der Waals surface area contributed by atoms with Crippen LogP contribution < -0.4 is 108 Å². The van der Waals surface area contributed by atoms with Gasteiger partial charge in [-0.1, -0.05) is 54.5 Å². The first-order valence-corrected chi connectivity index (χ1v) is 11.4. The van der Waals surface area contributed by atoms with Gasteiger partial charge in [-0.25, -0.2) is 0 Å². The molecule has 0 aromatic carbocycles. The summed E-state index contributed by atoms with van der Waals surface area (Å²) in [4.78, 5) is 38.1. The Hall–Kier alpha value is 1.27. The summed E-state index contributed by atoms with van der Waals surface area (Å²) in [5.41, 5.74) is -0.00755. The average molecular weight is 585 g/mol.